The third kappa shape index (κ3) is 4.74. The first-order valence-corrected chi connectivity index (χ1v) is 19.0. The van der Waals surface area contributed by atoms with Gasteiger partial charge in [-0.1, -0.05) is 133 Å². The second-order valence-corrected chi connectivity index (χ2v) is 15.4. The Hall–Kier alpha value is -6.27. The summed E-state index contributed by atoms with van der Waals surface area (Å²) < 4.78 is 5.12. The van der Waals surface area contributed by atoms with Crippen molar-refractivity contribution in [3.63, 3.8) is 0 Å². The number of hydrogen-bond donors (Lipinski definition) is 0. The van der Waals surface area contributed by atoms with Crippen LogP contribution < -0.4 is 0 Å². The zero-order valence-electron chi connectivity index (χ0n) is 27.7. The Morgan fingerprint density at radius 3 is 1.69 bits per heavy atom. The lowest BCUT2D eigenvalue weighted by molar-refractivity contribution is 1.08. The zero-order chi connectivity index (χ0) is 34.2. The standard InChI is InChI=1S/C47H27N3S2/c1-2-10-34-29(8-1)18-19-30-9-7-13-38(44(30)34)47-49-45(48-46(50-47)33-22-24-37-35-11-3-5-14-40(35)52-43(37)27-33)31-20-16-28(17-21-31)32-23-25-42-39(26-32)36-12-4-6-15-41(36)51-42/h1-27H. The summed E-state index contributed by atoms with van der Waals surface area (Å²) in [6.45, 7) is 0. The van der Waals surface area contributed by atoms with E-state index in [9.17, 15) is 0 Å². The number of hydrogen-bond acceptors (Lipinski definition) is 5. The Kier molecular flexibility index (Phi) is 6.59. The van der Waals surface area contributed by atoms with Gasteiger partial charge in [0.25, 0.3) is 0 Å². The van der Waals surface area contributed by atoms with Crippen LogP contribution in [-0.2, 0) is 0 Å². The molecule has 0 saturated carbocycles. The molecule has 0 radical (unpaired) electrons. The summed E-state index contributed by atoms with van der Waals surface area (Å²) in [6.07, 6.45) is 0. The van der Waals surface area contributed by atoms with Crippen molar-refractivity contribution in [2.75, 3.05) is 0 Å². The topological polar surface area (TPSA) is 38.7 Å². The molecule has 11 rings (SSSR count). The highest BCUT2D eigenvalue weighted by Crippen LogP contribution is 2.39. The molecular formula is C47H27N3S2. The number of benzene rings is 8. The van der Waals surface area contributed by atoms with Crippen LogP contribution in [0.4, 0.5) is 0 Å². The summed E-state index contributed by atoms with van der Waals surface area (Å²) in [5.74, 6) is 1.98. The molecule has 0 unspecified atom stereocenters. The van der Waals surface area contributed by atoms with E-state index in [0.29, 0.717) is 17.5 Å². The summed E-state index contributed by atoms with van der Waals surface area (Å²) in [5, 5.41) is 9.82. The molecule has 3 aromatic heterocycles. The number of fused-ring (bicyclic) bond motifs is 9. The van der Waals surface area contributed by atoms with E-state index in [1.165, 1.54) is 56.7 Å². The van der Waals surface area contributed by atoms with Gasteiger partial charge in [0.2, 0.25) is 0 Å². The third-order valence-corrected chi connectivity index (χ3v) is 12.4. The first kappa shape index (κ1) is 29.5. The largest absolute Gasteiger partial charge is 0.208 e. The molecule has 0 aliphatic heterocycles. The summed E-state index contributed by atoms with van der Waals surface area (Å²) in [6, 6.07) is 58.6. The van der Waals surface area contributed by atoms with Crippen molar-refractivity contribution in [1.82, 2.24) is 15.0 Å². The van der Waals surface area contributed by atoms with Crippen molar-refractivity contribution in [1.29, 1.82) is 0 Å². The average molecular weight is 698 g/mol. The number of aromatic nitrogens is 3. The van der Waals surface area contributed by atoms with Gasteiger partial charge < -0.3 is 0 Å². The van der Waals surface area contributed by atoms with Crippen LogP contribution in [0.2, 0.25) is 0 Å². The molecule has 0 aliphatic carbocycles. The highest BCUT2D eigenvalue weighted by molar-refractivity contribution is 7.26. The van der Waals surface area contributed by atoms with Gasteiger partial charge >= 0.3 is 0 Å². The normalized spacial score (nSPS) is 11.8. The van der Waals surface area contributed by atoms with Crippen LogP contribution in [-0.4, -0.2) is 15.0 Å². The minimum atomic E-state index is 0.652. The summed E-state index contributed by atoms with van der Waals surface area (Å²) in [4.78, 5) is 15.6. The molecule has 5 heteroatoms. The molecule has 0 saturated heterocycles. The van der Waals surface area contributed by atoms with Gasteiger partial charge in [-0.05, 0) is 57.6 Å². The van der Waals surface area contributed by atoms with Crippen molar-refractivity contribution >= 4 is 84.6 Å². The van der Waals surface area contributed by atoms with Crippen LogP contribution in [0.15, 0.2) is 164 Å². The molecule has 0 amide bonds. The van der Waals surface area contributed by atoms with Gasteiger partial charge in [0, 0.05) is 62.4 Å². The van der Waals surface area contributed by atoms with Crippen LogP contribution in [0.5, 0.6) is 0 Å². The van der Waals surface area contributed by atoms with E-state index in [1.54, 1.807) is 11.3 Å². The van der Waals surface area contributed by atoms with Crippen molar-refractivity contribution < 1.29 is 0 Å². The lowest BCUT2D eigenvalue weighted by Gasteiger charge is -2.12. The lowest BCUT2D eigenvalue weighted by Crippen LogP contribution is -2.00. The fraction of sp³-hybridized carbons (Fsp3) is 0. The first-order valence-electron chi connectivity index (χ1n) is 17.3. The molecule has 242 valence electrons. The van der Waals surface area contributed by atoms with Crippen LogP contribution in [0.25, 0.3) is 107 Å². The minimum Gasteiger partial charge on any atom is -0.208 e. The van der Waals surface area contributed by atoms with Gasteiger partial charge in [0.05, 0.1) is 0 Å². The molecule has 3 heterocycles. The zero-order valence-corrected chi connectivity index (χ0v) is 29.4. The maximum Gasteiger partial charge on any atom is 0.164 e. The summed E-state index contributed by atoms with van der Waals surface area (Å²) in [5.41, 5.74) is 5.27. The molecule has 0 aliphatic rings. The van der Waals surface area contributed by atoms with E-state index in [2.05, 4.69) is 164 Å². The monoisotopic (exact) mass is 697 g/mol. The molecule has 8 aromatic carbocycles. The van der Waals surface area contributed by atoms with Crippen molar-refractivity contribution in [3.8, 4) is 45.3 Å². The number of thiophene rings is 2. The van der Waals surface area contributed by atoms with Gasteiger partial charge in [0.1, 0.15) is 0 Å². The Labute approximate surface area is 307 Å². The lowest BCUT2D eigenvalue weighted by atomic mass is 9.97. The molecule has 0 fully saturated rings. The van der Waals surface area contributed by atoms with E-state index in [1.807, 2.05) is 11.3 Å². The van der Waals surface area contributed by atoms with Crippen molar-refractivity contribution in [3.05, 3.63) is 164 Å². The Morgan fingerprint density at radius 2 is 0.865 bits per heavy atom. The highest BCUT2D eigenvalue weighted by Gasteiger charge is 2.17. The fourth-order valence-corrected chi connectivity index (χ4v) is 9.81. The maximum absolute atomic E-state index is 5.21. The minimum absolute atomic E-state index is 0.652. The second kappa shape index (κ2) is 11.6. The van der Waals surface area contributed by atoms with E-state index in [4.69, 9.17) is 15.0 Å². The molecule has 0 spiro atoms. The smallest absolute Gasteiger partial charge is 0.164 e. The fourth-order valence-electron chi connectivity index (χ4n) is 7.58. The summed E-state index contributed by atoms with van der Waals surface area (Å²) >= 11 is 3.65. The van der Waals surface area contributed by atoms with Crippen molar-refractivity contribution in [2.24, 2.45) is 0 Å². The van der Waals surface area contributed by atoms with Crippen molar-refractivity contribution in [2.45, 2.75) is 0 Å². The van der Waals surface area contributed by atoms with Gasteiger partial charge in [-0.25, -0.2) is 15.0 Å². The molecular weight excluding hydrogens is 671 g/mol. The van der Waals surface area contributed by atoms with E-state index < -0.39 is 0 Å². The molecule has 0 atom stereocenters. The van der Waals surface area contributed by atoms with Gasteiger partial charge in [0.15, 0.2) is 17.5 Å². The van der Waals surface area contributed by atoms with Crippen LogP contribution >= 0.6 is 22.7 Å². The van der Waals surface area contributed by atoms with Gasteiger partial charge in [-0.3, -0.25) is 0 Å². The Morgan fingerprint density at radius 1 is 0.308 bits per heavy atom. The molecule has 0 N–H and O–H groups in total. The number of rotatable bonds is 4. The predicted octanol–water partition coefficient (Wildman–Crippen LogP) is 13.6. The number of nitrogens with zero attached hydrogens (tertiary/aromatic N) is 3. The SMILES string of the molecule is c1ccc2c(c1)ccc1cccc(-c3nc(-c4ccc(-c5ccc6sc7ccccc7c6c5)cc4)nc(-c4ccc5c(c4)sc4ccccc45)n3)c12. The third-order valence-electron chi connectivity index (χ3n) is 10.1. The van der Waals surface area contributed by atoms with Crippen LogP contribution in [0.1, 0.15) is 0 Å². The Balaban J connectivity index is 1.08. The average Bonchev–Trinajstić information content (AvgIpc) is 3.78. The molecule has 52 heavy (non-hydrogen) atoms. The Bertz CT molecular complexity index is 3190. The van der Waals surface area contributed by atoms with Crippen LogP contribution in [0, 0.1) is 0 Å². The van der Waals surface area contributed by atoms with E-state index in [-0.39, 0.29) is 0 Å². The molecule has 0 bridgehead atoms. The predicted molar refractivity (Wildman–Crippen MR) is 222 cm³/mol. The van der Waals surface area contributed by atoms with Crippen LogP contribution in [0.3, 0.4) is 0 Å². The quantitative estimate of drug-likeness (QED) is 0.172. The van der Waals surface area contributed by atoms with Gasteiger partial charge in [-0.2, -0.15) is 0 Å². The van der Waals surface area contributed by atoms with E-state index >= 15 is 0 Å². The maximum atomic E-state index is 5.21. The van der Waals surface area contributed by atoms with E-state index in [0.717, 1.165) is 33.0 Å². The second-order valence-electron chi connectivity index (χ2n) is 13.2. The first-order chi connectivity index (χ1) is 25.7. The molecule has 3 nitrogen and oxygen atoms in total. The molecule has 11 aromatic rings. The highest BCUT2D eigenvalue weighted by atomic mass is 32.1. The van der Waals surface area contributed by atoms with Gasteiger partial charge in [-0.15, -0.1) is 22.7 Å². The summed E-state index contributed by atoms with van der Waals surface area (Å²) in [7, 11) is 0.